The second-order valence-electron chi connectivity index (χ2n) is 8.42. The van der Waals surface area contributed by atoms with Crippen LogP contribution in [0, 0.1) is 0 Å². The molecule has 0 saturated carbocycles. The summed E-state index contributed by atoms with van der Waals surface area (Å²) in [7, 11) is 0. The van der Waals surface area contributed by atoms with E-state index in [9.17, 15) is 4.79 Å². The summed E-state index contributed by atoms with van der Waals surface area (Å²) < 4.78 is 1.97. The van der Waals surface area contributed by atoms with Crippen LogP contribution in [-0.2, 0) is 6.54 Å². The van der Waals surface area contributed by atoms with E-state index in [1.807, 2.05) is 65.3 Å². The van der Waals surface area contributed by atoms with Gasteiger partial charge < -0.3 is 19.9 Å². The van der Waals surface area contributed by atoms with E-state index in [4.69, 9.17) is 28.2 Å². The summed E-state index contributed by atoms with van der Waals surface area (Å²) in [5.41, 5.74) is 4.82. The van der Waals surface area contributed by atoms with Gasteiger partial charge in [-0.25, -0.2) is 14.8 Å². The fraction of sp³-hybridized carbons (Fsp3) is 0.107. The van der Waals surface area contributed by atoms with E-state index in [0.29, 0.717) is 28.0 Å². The lowest BCUT2D eigenvalue weighted by Crippen LogP contribution is -2.24. The van der Waals surface area contributed by atoms with Crippen LogP contribution in [0.4, 0.5) is 22.0 Å². The van der Waals surface area contributed by atoms with Crippen molar-refractivity contribution in [1.82, 2.24) is 14.4 Å². The van der Waals surface area contributed by atoms with Crippen LogP contribution >= 0.6 is 23.2 Å². The molecule has 0 aliphatic rings. The third-order valence-corrected chi connectivity index (χ3v) is 6.35. The minimum Gasteiger partial charge on any atom is -0.349 e. The zero-order chi connectivity index (χ0) is 25.8. The van der Waals surface area contributed by atoms with Crippen molar-refractivity contribution in [1.29, 1.82) is 0 Å². The lowest BCUT2D eigenvalue weighted by atomic mass is 10.1. The van der Waals surface area contributed by atoms with Crippen molar-refractivity contribution in [2.75, 3.05) is 22.1 Å². The molecular formula is C28H24Cl2N6O. The van der Waals surface area contributed by atoms with Gasteiger partial charge in [-0.2, -0.15) is 0 Å². The van der Waals surface area contributed by atoms with Gasteiger partial charge in [-0.1, -0.05) is 47.5 Å². The number of hydrogen-bond donors (Lipinski definition) is 2. The summed E-state index contributed by atoms with van der Waals surface area (Å²) in [6.07, 6.45) is 5.61. The van der Waals surface area contributed by atoms with Crippen LogP contribution in [0.3, 0.4) is 0 Å². The molecule has 0 saturated heterocycles. The van der Waals surface area contributed by atoms with E-state index >= 15 is 0 Å². The highest BCUT2D eigenvalue weighted by atomic mass is 35.5. The molecule has 0 radical (unpaired) electrons. The number of nitrogens with zero attached hydrogens (tertiary/aromatic N) is 4. The molecule has 2 aromatic heterocycles. The molecule has 3 aromatic carbocycles. The fourth-order valence-electron chi connectivity index (χ4n) is 4.00. The maximum Gasteiger partial charge on any atom is 0.323 e. The second-order valence-corrected chi connectivity index (χ2v) is 9.29. The zero-order valence-corrected chi connectivity index (χ0v) is 21.5. The standard InChI is InChI=1S/C28H24Cl2N6O/c1-2-35(17-19-6-8-21(29)9-7-19)27-26-31-14-15-36(26)18-25(34-27)20-4-3-5-24(16-20)33-28(37)32-23-12-10-22(30)11-13-23/h3-16,18H,2,17H2,1H3,(H2,32,33,37). The van der Waals surface area contributed by atoms with E-state index < -0.39 is 0 Å². The van der Waals surface area contributed by atoms with Gasteiger partial charge in [0.25, 0.3) is 0 Å². The molecular weight excluding hydrogens is 507 g/mol. The molecule has 9 heteroatoms. The van der Waals surface area contributed by atoms with E-state index in [2.05, 4.69) is 27.4 Å². The quantitative estimate of drug-likeness (QED) is 0.230. The maximum atomic E-state index is 12.5. The number of aromatic nitrogens is 3. The van der Waals surface area contributed by atoms with Crippen molar-refractivity contribution in [3.63, 3.8) is 0 Å². The van der Waals surface area contributed by atoms with Crippen molar-refractivity contribution in [3.05, 3.63) is 107 Å². The first kappa shape index (κ1) is 24.6. The minimum atomic E-state index is -0.349. The van der Waals surface area contributed by atoms with Gasteiger partial charge in [0, 0.05) is 58.7 Å². The Hall–Kier alpha value is -4.07. The molecule has 0 spiro atoms. The number of rotatable bonds is 7. The highest BCUT2D eigenvalue weighted by molar-refractivity contribution is 6.30. The van der Waals surface area contributed by atoms with Crippen molar-refractivity contribution in [2.24, 2.45) is 0 Å². The number of carbonyl (C=O) groups excluding carboxylic acids is 1. The van der Waals surface area contributed by atoms with Gasteiger partial charge in [-0.05, 0) is 61.0 Å². The van der Waals surface area contributed by atoms with E-state index in [-0.39, 0.29) is 6.03 Å². The molecule has 0 atom stereocenters. The summed E-state index contributed by atoms with van der Waals surface area (Å²) in [5, 5.41) is 7.00. The van der Waals surface area contributed by atoms with E-state index in [1.165, 1.54) is 0 Å². The lowest BCUT2D eigenvalue weighted by Gasteiger charge is -2.23. The molecule has 0 bridgehead atoms. The third kappa shape index (κ3) is 5.85. The molecule has 5 aromatic rings. The summed E-state index contributed by atoms with van der Waals surface area (Å²) in [6.45, 7) is 3.50. The number of anilines is 3. The topological polar surface area (TPSA) is 74.6 Å². The van der Waals surface area contributed by atoms with Crippen LogP contribution in [-0.4, -0.2) is 26.9 Å². The van der Waals surface area contributed by atoms with Gasteiger partial charge in [0.1, 0.15) is 0 Å². The van der Waals surface area contributed by atoms with Gasteiger partial charge in [0.05, 0.1) is 5.69 Å². The van der Waals surface area contributed by atoms with Crippen molar-refractivity contribution in [3.8, 4) is 11.3 Å². The average Bonchev–Trinajstić information content (AvgIpc) is 3.38. The fourth-order valence-corrected chi connectivity index (χ4v) is 4.25. The number of amides is 2. The number of benzene rings is 3. The van der Waals surface area contributed by atoms with Gasteiger partial charge in [0.2, 0.25) is 0 Å². The molecule has 37 heavy (non-hydrogen) atoms. The van der Waals surface area contributed by atoms with Crippen LogP contribution in [0.15, 0.2) is 91.4 Å². The number of halogens is 2. The highest BCUT2D eigenvalue weighted by Crippen LogP contribution is 2.27. The smallest absolute Gasteiger partial charge is 0.323 e. The number of urea groups is 1. The lowest BCUT2D eigenvalue weighted by molar-refractivity contribution is 0.262. The second kappa shape index (κ2) is 10.9. The van der Waals surface area contributed by atoms with Crippen molar-refractivity contribution >= 4 is 52.1 Å². The maximum absolute atomic E-state index is 12.5. The van der Waals surface area contributed by atoms with Crippen molar-refractivity contribution < 1.29 is 4.79 Å². The van der Waals surface area contributed by atoms with Gasteiger partial charge in [-0.15, -0.1) is 0 Å². The van der Waals surface area contributed by atoms with Crippen LogP contribution in [0.5, 0.6) is 0 Å². The Morgan fingerprint density at radius 1 is 0.946 bits per heavy atom. The Bertz CT molecular complexity index is 1530. The number of nitrogens with one attached hydrogen (secondary N) is 2. The molecule has 0 aliphatic carbocycles. The summed E-state index contributed by atoms with van der Waals surface area (Å²) in [6, 6.07) is 22.0. The predicted octanol–water partition coefficient (Wildman–Crippen LogP) is 7.37. The normalized spacial score (nSPS) is 10.9. The summed E-state index contributed by atoms with van der Waals surface area (Å²) in [4.78, 5) is 24.3. The molecule has 7 nitrogen and oxygen atoms in total. The largest absolute Gasteiger partial charge is 0.349 e. The third-order valence-electron chi connectivity index (χ3n) is 5.84. The molecule has 5 rings (SSSR count). The number of fused-ring (bicyclic) bond motifs is 1. The van der Waals surface area contributed by atoms with Crippen molar-refractivity contribution in [2.45, 2.75) is 13.5 Å². The first-order valence-electron chi connectivity index (χ1n) is 11.8. The Labute approximate surface area is 224 Å². The number of hydrogen-bond acceptors (Lipinski definition) is 4. The SMILES string of the molecule is CCN(Cc1ccc(Cl)cc1)c1nc(-c2cccc(NC(=O)Nc3ccc(Cl)cc3)c2)cn2ccnc12. The number of carbonyl (C=O) groups is 1. The first-order chi connectivity index (χ1) is 18.0. The molecule has 0 unspecified atom stereocenters. The molecule has 0 aliphatic heterocycles. The Kier molecular flexibility index (Phi) is 7.25. The predicted molar refractivity (Wildman–Crippen MR) is 151 cm³/mol. The molecule has 0 fully saturated rings. The average molecular weight is 531 g/mol. The molecule has 2 N–H and O–H groups in total. The van der Waals surface area contributed by atoms with Gasteiger partial charge in [0.15, 0.2) is 11.5 Å². The minimum absolute atomic E-state index is 0.349. The first-order valence-corrected chi connectivity index (χ1v) is 12.5. The van der Waals surface area contributed by atoms with Crippen LogP contribution in [0.1, 0.15) is 12.5 Å². The van der Waals surface area contributed by atoms with E-state index in [0.717, 1.165) is 34.8 Å². The number of imidazole rings is 1. The van der Waals surface area contributed by atoms with E-state index in [1.54, 1.807) is 30.5 Å². The van der Waals surface area contributed by atoms with Crippen LogP contribution in [0.25, 0.3) is 16.9 Å². The Balaban J connectivity index is 1.41. The van der Waals surface area contributed by atoms with Crippen LogP contribution < -0.4 is 15.5 Å². The summed E-state index contributed by atoms with van der Waals surface area (Å²) >= 11 is 12.0. The highest BCUT2D eigenvalue weighted by Gasteiger charge is 2.16. The zero-order valence-electron chi connectivity index (χ0n) is 20.0. The van der Waals surface area contributed by atoms with Crippen LogP contribution in [0.2, 0.25) is 10.0 Å². The molecule has 2 amide bonds. The molecule has 2 heterocycles. The monoisotopic (exact) mass is 530 g/mol. The Morgan fingerprint density at radius 3 is 2.38 bits per heavy atom. The Morgan fingerprint density at radius 2 is 1.65 bits per heavy atom. The van der Waals surface area contributed by atoms with Gasteiger partial charge >= 0.3 is 6.03 Å². The summed E-state index contributed by atoms with van der Waals surface area (Å²) in [5.74, 6) is 0.777. The van der Waals surface area contributed by atoms with Gasteiger partial charge in [-0.3, -0.25) is 0 Å². The molecule has 186 valence electrons.